The Kier molecular flexibility index (Phi) is 9.49. The van der Waals surface area contributed by atoms with Gasteiger partial charge in [-0.3, -0.25) is 14.4 Å². The predicted molar refractivity (Wildman–Crippen MR) is 106 cm³/mol. The van der Waals surface area contributed by atoms with E-state index in [1.165, 1.54) is 6.92 Å². The minimum atomic E-state index is -0.556. The SMILES string of the molecule is CC(=O)NCCCC(NC(=O)C(NC(C)(C)C)C(C)C)C(=O)C(C)(C)C. The summed E-state index contributed by atoms with van der Waals surface area (Å²) in [5.41, 5.74) is -0.752. The summed E-state index contributed by atoms with van der Waals surface area (Å²) in [6.07, 6.45) is 1.13. The van der Waals surface area contributed by atoms with Crippen molar-refractivity contribution in [2.75, 3.05) is 6.54 Å². The fraction of sp³-hybridized carbons (Fsp3) is 0.850. The van der Waals surface area contributed by atoms with Crippen molar-refractivity contribution < 1.29 is 14.4 Å². The van der Waals surface area contributed by atoms with Gasteiger partial charge in [-0.2, -0.15) is 0 Å². The van der Waals surface area contributed by atoms with Gasteiger partial charge in [-0.05, 0) is 39.5 Å². The largest absolute Gasteiger partial charge is 0.356 e. The van der Waals surface area contributed by atoms with Crippen LogP contribution in [0, 0.1) is 11.3 Å². The van der Waals surface area contributed by atoms with Crippen LogP contribution in [0.4, 0.5) is 0 Å². The molecular formula is C20H39N3O3. The quantitative estimate of drug-likeness (QED) is 0.545. The van der Waals surface area contributed by atoms with Gasteiger partial charge in [-0.15, -0.1) is 0 Å². The monoisotopic (exact) mass is 369 g/mol. The number of hydrogen-bond acceptors (Lipinski definition) is 4. The summed E-state index contributed by atoms with van der Waals surface area (Å²) in [5.74, 6) is -0.148. The van der Waals surface area contributed by atoms with Crippen LogP contribution in [0.25, 0.3) is 0 Å². The second-order valence-electron chi connectivity index (χ2n) is 9.42. The van der Waals surface area contributed by atoms with Gasteiger partial charge in [0.2, 0.25) is 11.8 Å². The molecule has 3 N–H and O–H groups in total. The van der Waals surface area contributed by atoms with E-state index in [1.807, 2.05) is 55.4 Å². The fourth-order valence-electron chi connectivity index (χ4n) is 2.63. The minimum Gasteiger partial charge on any atom is -0.356 e. The molecule has 0 aromatic carbocycles. The van der Waals surface area contributed by atoms with Crippen molar-refractivity contribution in [2.45, 2.75) is 92.8 Å². The average molecular weight is 370 g/mol. The maximum Gasteiger partial charge on any atom is 0.237 e. The van der Waals surface area contributed by atoms with Gasteiger partial charge < -0.3 is 16.0 Å². The number of rotatable bonds is 9. The smallest absolute Gasteiger partial charge is 0.237 e. The van der Waals surface area contributed by atoms with Crippen LogP contribution in [0.2, 0.25) is 0 Å². The lowest BCUT2D eigenvalue weighted by Gasteiger charge is -2.32. The molecule has 0 radical (unpaired) electrons. The zero-order valence-corrected chi connectivity index (χ0v) is 18.1. The molecule has 2 atom stereocenters. The summed E-state index contributed by atoms with van der Waals surface area (Å²) in [6, 6.07) is -0.931. The van der Waals surface area contributed by atoms with Crippen molar-refractivity contribution in [2.24, 2.45) is 11.3 Å². The van der Waals surface area contributed by atoms with E-state index in [-0.39, 0.29) is 35.1 Å². The van der Waals surface area contributed by atoms with Gasteiger partial charge >= 0.3 is 0 Å². The Bertz CT molecular complexity index is 488. The number of carbonyl (C=O) groups excluding carboxylic acids is 3. The molecule has 6 nitrogen and oxygen atoms in total. The summed E-state index contributed by atoms with van der Waals surface area (Å²) < 4.78 is 0. The summed E-state index contributed by atoms with van der Waals surface area (Å²) in [4.78, 5) is 36.6. The lowest BCUT2D eigenvalue weighted by atomic mass is 9.84. The van der Waals surface area contributed by atoms with Crippen LogP contribution in [-0.4, -0.2) is 41.8 Å². The van der Waals surface area contributed by atoms with E-state index in [1.54, 1.807) is 0 Å². The van der Waals surface area contributed by atoms with Crippen molar-refractivity contribution in [3.63, 3.8) is 0 Å². The first-order valence-corrected chi connectivity index (χ1v) is 9.52. The van der Waals surface area contributed by atoms with E-state index in [0.29, 0.717) is 19.4 Å². The Hall–Kier alpha value is -1.43. The van der Waals surface area contributed by atoms with Crippen LogP contribution in [-0.2, 0) is 14.4 Å². The Morgan fingerprint density at radius 2 is 1.50 bits per heavy atom. The molecule has 152 valence electrons. The molecule has 0 bridgehead atoms. The van der Waals surface area contributed by atoms with Crippen molar-refractivity contribution in [1.82, 2.24) is 16.0 Å². The van der Waals surface area contributed by atoms with E-state index in [9.17, 15) is 14.4 Å². The average Bonchev–Trinajstić information content (AvgIpc) is 2.44. The Labute approximate surface area is 159 Å². The summed E-state index contributed by atoms with van der Waals surface area (Å²) in [7, 11) is 0. The Morgan fingerprint density at radius 3 is 1.88 bits per heavy atom. The van der Waals surface area contributed by atoms with Crippen LogP contribution in [0.3, 0.4) is 0 Å². The van der Waals surface area contributed by atoms with Crippen LogP contribution in [0.15, 0.2) is 0 Å². The van der Waals surface area contributed by atoms with Crippen molar-refractivity contribution in [3.8, 4) is 0 Å². The number of Topliss-reactive ketones (excluding diaryl/α,β-unsaturated/α-hetero) is 1. The second kappa shape index (κ2) is 10.0. The highest BCUT2D eigenvalue weighted by atomic mass is 16.2. The third kappa shape index (κ3) is 9.90. The van der Waals surface area contributed by atoms with Crippen LogP contribution >= 0.6 is 0 Å². The van der Waals surface area contributed by atoms with Gasteiger partial charge in [0.25, 0.3) is 0 Å². The molecule has 0 heterocycles. The van der Waals surface area contributed by atoms with Gasteiger partial charge in [0.05, 0.1) is 12.1 Å². The second-order valence-corrected chi connectivity index (χ2v) is 9.42. The predicted octanol–water partition coefficient (Wildman–Crippen LogP) is 2.42. The van der Waals surface area contributed by atoms with Crippen LogP contribution in [0.5, 0.6) is 0 Å². The molecule has 0 aliphatic carbocycles. The normalized spacial score (nSPS) is 14.7. The Balaban J connectivity index is 5.14. The van der Waals surface area contributed by atoms with E-state index in [2.05, 4.69) is 16.0 Å². The number of carbonyl (C=O) groups is 3. The first-order valence-electron chi connectivity index (χ1n) is 9.52. The highest BCUT2D eigenvalue weighted by molar-refractivity contribution is 5.93. The van der Waals surface area contributed by atoms with E-state index < -0.39 is 11.5 Å². The molecule has 0 rings (SSSR count). The summed E-state index contributed by atoms with van der Waals surface area (Å²) in [5, 5.41) is 9.02. The lowest BCUT2D eigenvalue weighted by Crippen LogP contribution is -2.57. The van der Waals surface area contributed by atoms with Crippen molar-refractivity contribution >= 4 is 17.6 Å². The zero-order valence-electron chi connectivity index (χ0n) is 18.1. The summed E-state index contributed by atoms with van der Waals surface area (Å²) in [6.45, 7) is 17.5. The molecule has 0 fully saturated rings. The third-order valence-corrected chi connectivity index (χ3v) is 3.95. The van der Waals surface area contributed by atoms with Crippen LogP contribution in [0.1, 0.15) is 75.2 Å². The third-order valence-electron chi connectivity index (χ3n) is 3.95. The topological polar surface area (TPSA) is 87.3 Å². The molecule has 0 saturated heterocycles. The standard InChI is InChI=1S/C20H39N3O3/c1-13(2)16(23-20(7,8)9)18(26)22-15(17(25)19(4,5)6)11-10-12-21-14(3)24/h13,15-16,23H,10-12H2,1-9H3,(H,21,24)(H,22,26). The molecule has 0 saturated carbocycles. The highest BCUT2D eigenvalue weighted by Crippen LogP contribution is 2.19. The van der Waals surface area contributed by atoms with Gasteiger partial charge in [-0.25, -0.2) is 0 Å². The fourth-order valence-corrected chi connectivity index (χ4v) is 2.63. The summed E-state index contributed by atoms with van der Waals surface area (Å²) >= 11 is 0. The van der Waals surface area contributed by atoms with Gasteiger partial charge in [0.15, 0.2) is 5.78 Å². The molecule has 2 unspecified atom stereocenters. The lowest BCUT2D eigenvalue weighted by molar-refractivity contribution is -0.134. The molecule has 26 heavy (non-hydrogen) atoms. The maximum atomic E-state index is 12.8. The molecule has 0 aromatic rings. The Morgan fingerprint density at radius 1 is 0.962 bits per heavy atom. The van der Waals surface area contributed by atoms with E-state index in [0.717, 1.165) is 0 Å². The molecule has 0 aromatic heterocycles. The number of ketones is 1. The number of amides is 2. The van der Waals surface area contributed by atoms with Crippen LogP contribution < -0.4 is 16.0 Å². The van der Waals surface area contributed by atoms with Gasteiger partial charge in [0.1, 0.15) is 0 Å². The molecular weight excluding hydrogens is 330 g/mol. The minimum absolute atomic E-state index is 0.00643. The number of nitrogens with one attached hydrogen (secondary N) is 3. The molecule has 2 amide bonds. The maximum absolute atomic E-state index is 12.8. The zero-order chi connectivity index (χ0) is 20.7. The van der Waals surface area contributed by atoms with Gasteiger partial charge in [-0.1, -0.05) is 34.6 Å². The van der Waals surface area contributed by atoms with E-state index >= 15 is 0 Å². The van der Waals surface area contributed by atoms with E-state index in [4.69, 9.17) is 0 Å². The van der Waals surface area contributed by atoms with Gasteiger partial charge in [0, 0.05) is 24.4 Å². The number of hydrogen-bond donors (Lipinski definition) is 3. The molecule has 0 aliphatic rings. The molecule has 6 heteroatoms. The highest BCUT2D eigenvalue weighted by Gasteiger charge is 2.33. The van der Waals surface area contributed by atoms with Crippen molar-refractivity contribution in [3.05, 3.63) is 0 Å². The molecule has 0 aliphatic heterocycles. The van der Waals surface area contributed by atoms with Crippen molar-refractivity contribution in [1.29, 1.82) is 0 Å². The first kappa shape index (κ1) is 24.6. The molecule has 0 spiro atoms. The first-order chi connectivity index (χ1) is 11.6.